The van der Waals surface area contributed by atoms with Gasteiger partial charge in [0.05, 0.1) is 0 Å². The van der Waals surface area contributed by atoms with Crippen molar-refractivity contribution in [2.45, 2.75) is 12.6 Å². The van der Waals surface area contributed by atoms with E-state index in [0.29, 0.717) is 6.54 Å². The van der Waals surface area contributed by atoms with Gasteiger partial charge in [-0.1, -0.05) is 54.6 Å². The van der Waals surface area contributed by atoms with Crippen LogP contribution in [0.1, 0.15) is 22.8 Å². The molecule has 2 aromatic carbocycles. The molecule has 2 nitrogen and oxygen atoms in total. The summed E-state index contributed by atoms with van der Waals surface area (Å²) in [7, 11) is 0. The highest BCUT2D eigenvalue weighted by Crippen LogP contribution is 2.21. The molecule has 82 valence electrons. The molecule has 0 spiro atoms. The Balaban J connectivity index is 2.24. The van der Waals surface area contributed by atoms with Gasteiger partial charge in [0.2, 0.25) is 0 Å². The van der Waals surface area contributed by atoms with E-state index < -0.39 is 6.10 Å². The Labute approximate surface area is 95.4 Å². The Morgan fingerprint density at radius 3 is 2.00 bits per heavy atom. The molecule has 0 saturated heterocycles. The molecule has 0 amide bonds. The molecular formula is C14H15NO. The average molecular weight is 213 g/mol. The monoisotopic (exact) mass is 213 g/mol. The van der Waals surface area contributed by atoms with E-state index >= 15 is 0 Å². The van der Waals surface area contributed by atoms with Gasteiger partial charge in [-0.2, -0.15) is 0 Å². The van der Waals surface area contributed by atoms with E-state index in [0.717, 1.165) is 16.7 Å². The first-order valence-corrected chi connectivity index (χ1v) is 5.33. The van der Waals surface area contributed by atoms with Crippen LogP contribution in [-0.4, -0.2) is 5.11 Å². The van der Waals surface area contributed by atoms with E-state index in [1.807, 2.05) is 54.6 Å². The van der Waals surface area contributed by atoms with Crippen LogP contribution in [-0.2, 0) is 6.54 Å². The number of hydrogen-bond acceptors (Lipinski definition) is 2. The Bertz CT molecular complexity index is 436. The van der Waals surface area contributed by atoms with E-state index in [1.165, 1.54) is 0 Å². The van der Waals surface area contributed by atoms with Crippen LogP contribution in [0.2, 0.25) is 0 Å². The second-order valence-corrected chi connectivity index (χ2v) is 3.76. The van der Waals surface area contributed by atoms with Crippen LogP contribution in [0.15, 0.2) is 54.6 Å². The van der Waals surface area contributed by atoms with Crippen LogP contribution in [0.4, 0.5) is 0 Å². The van der Waals surface area contributed by atoms with Gasteiger partial charge < -0.3 is 10.8 Å². The van der Waals surface area contributed by atoms with E-state index in [9.17, 15) is 5.11 Å². The van der Waals surface area contributed by atoms with E-state index in [-0.39, 0.29) is 0 Å². The molecule has 1 unspecified atom stereocenters. The summed E-state index contributed by atoms with van der Waals surface area (Å²) < 4.78 is 0. The Hall–Kier alpha value is -1.64. The first-order valence-electron chi connectivity index (χ1n) is 5.33. The van der Waals surface area contributed by atoms with Crippen molar-refractivity contribution in [2.24, 2.45) is 5.73 Å². The number of nitrogens with two attached hydrogens (primary N) is 1. The first-order chi connectivity index (χ1) is 7.81. The van der Waals surface area contributed by atoms with Gasteiger partial charge in [-0.15, -0.1) is 0 Å². The molecule has 2 heteroatoms. The molecule has 16 heavy (non-hydrogen) atoms. The van der Waals surface area contributed by atoms with Crippen molar-refractivity contribution in [3.05, 3.63) is 71.3 Å². The van der Waals surface area contributed by atoms with Crippen LogP contribution >= 0.6 is 0 Å². The smallest absolute Gasteiger partial charge is 0.104 e. The highest BCUT2D eigenvalue weighted by Gasteiger charge is 2.08. The molecule has 0 bridgehead atoms. The zero-order valence-corrected chi connectivity index (χ0v) is 9.01. The first kappa shape index (κ1) is 10.9. The highest BCUT2D eigenvalue weighted by atomic mass is 16.3. The molecule has 3 N–H and O–H groups in total. The van der Waals surface area contributed by atoms with Gasteiger partial charge in [0, 0.05) is 6.54 Å². The third-order valence-electron chi connectivity index (χ3n) is 2.65. The van der Waals surface area contributed by atoms with Gasteiger partial charge in [0.1, 0.15) is 6.10 Å². The summed E-state index contributed by atoms with van der Waals surface area (Å²) in [4.78, 5) is 0. The summed E-state index contributed by atoms with van der Waals surface area (Å²) in [5.41, 5.74) is 8.40. The Morgan fingerprint density at radius 2 is 1.44 bits per heavy atom. The van der Waals surface area contributed by atoms with Crippen molar-refractivity contribution in [1.82, 2.24) is 0 Å². The lowest BCUT2D eigenvalue weighted by Crippen LogP contribution is -2.01. The van der Waals surface area contributed by atoms with Crippen LogP contribution < -0.4 is 5.73 Å². The highest BCUT2D eigenvalue weighted by molar-refractivity contribution is 5.31. The van der Waals surface area contributed by atoms with Gasteiger partial charge >= 0.3 is 0 Å². The van der Waals surface area contributed by atoms with Crippen LogP contribution in [0.3, 0.4) is 0 Å². The zero-order valence-electron chi connectivity index (χ0n) is 9.01. The standard InChI is InChI=1S/C14H15NO/c15-10-11-6-8-13(9-7-11)14(16)12-4-2-1-3-5-12/h1-9,14,16H,10,15H2. The largest absolute Gasteiger partial charge is 0.384 e. The van der Waals surface area contributed by atoms with Crippen molar-refractivity contribution >= 4 is 0 Å². The van der Waals surface area contributed by atoms with Crippen molar-refractivity contribution in [3.8, 4) is 0 Å². The third-order valence-corrected chi connectivity index (χ3v) is 2.65. The van der Waals surface area contributed by atoms with Crippen molar-refractivity contribution < 1.29 is 5.11 Å². The topological polar surface area (TPSA) is 46.2 Å². The molecule has 0 fully saturated rings. The summed E-state index contributed by atoms with van der Waals surface area (Å²) in [6.07, 6.45) is -0.562. The molecule has 0 radical (unpaired) electrons. The molecule has 0 aliphatic rings. The van der Waals surface area contributed by atoms with Crippen molar-refractivity contribution in [1.29, 1.82) is 0 Å². The van der Waals surface area contributed by atoms with E-state index in [2.05, 4.69) is 0 Å². The molecule has 0 heterocycles. The van der Waals surface area contributed by atoms with Crippen molar-refractivity contribution in [2.75, 3.05) is 0 Å². The fourth-order valence-corrected chi connectivity index (χ4v) is 1.66. The molecule has 0 aliphatic carbocycles. The minimum atomic E-state index is -0.562. The Kier molecular flexibility index (Phi) is 3.34. The molecule has 1 atom stereocenters. The lowest BCUT2D eigenvalue weighted by atomic mass is 10.0. The van der Waals surface area contributed by atoms with Crippen LogP contribution in [0.5, 0.6) is 0 Å². The SMILES string of the molecule is NCc1ccc(C(O)c2ccccc2)cc1. The molecule has 0 aromatic heterocycles. The molecule has 2 rings (SSSR count). The van der Waals surface area contributed by atoms with Gasteiger partial charge in [-0.25, -0.2) is 0 Å². The lowest BCUT2D eigenvalue weighted by molar-refractivity contribution is 0.220. The minimum absolute atomic E-state index is 0.529. The fraction of sp³-hybridized carbons (Fsp3) is 0.143. The average Bonchev–Trinajstić information content (AvgIpc) is 2.39. The zero-order chi connectivity index (χ0) is 11.4. The summed E-state index contributed by atoms with van der Waals surface area (Å²) in [5, 5.41) is 10.1. The molecule has 2 aromatic rings. The number of rotatable bonds is 3. The fourth-order valence-electron chi connectivity index (χ4n) is 1.66. The second-order valence-electron chi connectivity index (χ2n) is 3.76. The lowest BCUT2D eigenvalue weighted by Gasteiger charge is -2.11. The molecular weight excluding hydrogens is 198 g/mol. The second kappa shape index (κ2) is 4.92. The maximum Gasteiger partial charge on any atom is 0.104 e. The summed E-state index contributed by atoms with van der Waals surface area (Å²) in [5.74, 6) is 0. The summed E-state index contributed by atoms with van der Waals surface area (Å²) >= 11 is 0. The summed E-state index contributed by atoms with van der Waals surface area (Å²) in [6, 6.07) is 17.3. The predicted octanol–water partition coefficient (Wildman–Crippen LogP) is 2.23. The minimum Gasteiger partial charge on any atom is -0.384 e. The number of aliphatic hydroxyl groups excluding tert-OH is 1. The number of benzene rings is 2. The summed E-state index contributed by atoms with van der Waals surface area (Å²) in [6.45, 7) is 0.529. The predicted molar refractivity (Wildman–Crippen MR) is 64.8 cm³/mol. The quantitative estimate of drug-likeness (QED) is 0.821. The van der Waals surface area contributed by atoms with Gasteiger partial charge in [-0.3, -0.25) is 0 Å². The van der Waals surface area contributed by atoms with Gasteiger partial charge in [-0.05, 0) is 16.7 Å². The van der Waals surface area contributed by atoms with Crippen LogP contribution in [0, 0.1) is 0 Å². The number of hydrogen-bond donors (Lipinski definition) is 2. The normalized spacial score (nSPS) is 12.4. The Morgan fingerprint density at radius 1 is 0.875 bits per heavy atom. The van der Waals surface area contributed by atoms with E-state index in [4.69, 9.17) is 5.73 Å². The third kappa shape index (κ3) is 2.30. The van der Waals surface area contributed by atoms with Crippen molar-refractivity contribution in [3.63, 3.8) is 0 Å². The van der Waals surface area contributed by atoms with Gasteiger partial charge in [0.15, 0.2) is 0 Å². The molecule has 0 saturated carbocycles. The maximum atomic E-state index is 10.1. The van der Waals surface area contributed by atoms with Crippen LogP contribution in [0.25, 0.3) is 0 Å². The number of aliphatic hydroxyl groups is 1. The maximum absolute atomic E-state index is 10.1. The van der Waals surface area contributed by atoms with Gasteiger partial charge in [0.25, 0.3) is 0 Å². The van der Waals surface area contributed by atoms with E-state index in [1.54, 1.807) is 0 Å². The molecule has 0 aliphatic heterocycles.